The number of likely N-dealkylation sites (tertiary alicyclic amines) is 2. The summed E-state index contributed by atoms with van der Waals surface area (Å²) in [6.07, 6.45) is 8.41. The number of aliphatic hydroxyl groups excluding tert-OH is 1. The fourth-order valence-corrected chi connectivity index (χ4v) is 5.88. The van der Waals surface area contributed by atoms with Gasteiger partial charge in [-0.05, 0) is 105 Å². The van der Waals surface area contributed by atoms with Gasteiger partial charge in [-0.2, -0.15) is 0 Å². The van der Waals surface area contributed by atoms with Crippen molar-refractivity contribution in [1.82, 2.24) is 14.8 Å². The number of H-pyrrole nitrogens is 1. The third kappa shape index (κ3) is 6.76. The van der Waals surface area contributed by atoms with E-state index in [2.05, 4.69) is 77.9 Å². The third-order valence-corrected chi connectivity index (χ3v) is 8.28. The van der Waals surface area contributed by atoms with E-state index in [0.717, 1.165) is 37.2 Å². The SMILES string of the molecule is C/C=C(\C=C(\C)C(C)=NC=NC)c1[nH]c2ccc(C3CCN(CC(=O)N4CC[C@H](O)C4)CC3)cc2c1C(C)C. The largest absolute Gasteiger partial charge is 0.391 e. The second-order valence-corrected chi connectivity index (χ2v) is 11.4. The average molecular weight is 532 g/mol. The molecule has 39 heavy (non-hydrogen) atoms. The van der Waals surface area contributed by atoms with E-state index in [-0.39, 0.29) is 12.0 Å². The van der Waals surface area contributed by atoms with Crippen molar-refractivity contribution in [2.45, 2.75) is 71.8 Å². The zero-order valence-electron chi connectivity index (χ0n) is 24.5. The van der Waals surface area contributed by atoms with Crippen molar-refractivity contribution < 1.29 is 9.90 Å². The molecule has 1 aromatic carbocycles. The van der Waals surface area contributed by atoms with E-state index >= 15 is 0 Å². The fourth-order valence-electron chi connectivity index (χ4n) is 5.88. The zero-order valence-corrected chi connectivity index (χ0v) is 24.5. The standard InChI is InChI=1S/C32H45N5O2/c1-7-24(16-22(4)23(5)34-20-33-6)32-31(21(2)3)28-17-26(8-9-29(28)35-32)25-10-13-36(14-11-25)19-30(39)37-15-12-27(38)18-37/h7-9,16-17,20-21,25,27,35,38H,10-15,18-19H2,1-6H3/b22-16-,24-7+,33-20?,34-23?/t27-/m0/s1. The highest BCUT2D eigenvalue weighted by molar-refractivity contribution is 6.04. The van der Waals surface area contributed by atoms with Crippen molar-refractivity contribution in [3.63, 3.8) is 0 Å². The summed E-state index contributed by atoms with van der Waals surface area (Å²) >= 11 is 0. The second kappa shape index (κ2) is 12.9. The second-order valence-electron chi connectivity index (χ2n) is 11.4. The number of rotatable bonds is 8. The van der Waals surface area contributed by atoms with Crippen LogP contribution in [-0.2, 0) is 4.79 Å². The molecule has 4 rings (SSSR count). The molecule has 0 aliphatic carbocycles. The lowest BCUT2D eigenvalue weighted by Crippen LogP contribution is -2.42. The molecule has 2 aliphatic rings. The molecule has 0 unspecified atom stereocenters. The summed E-state index contributed by atoms with van der Waals surface area (Å²) in [5.74, 6) is 1.01. The van der Waals surface area contributed by atoms with Crippen LogP contribution in [0, 0.1) is 0 Å². The molecule has 0 saturated carbocycles. The Bertz CT molecular complexity index is 1290. The normalized spacial score (nSPS) is 20.8. The number of aliphatic hydroxyl groups is 1. The van der Waals surface area contributed by atoms with Crippen LogP contribution in [-0.4, -0.2) is 83.7 Å². The van der Waals surface area contributed by atoms with E-state index in [0.29, 0.717) is 37.9 Å². The van der Waals surface area contributed by atoms with Crippen LogP contribution < -0.4 is 0 Å². The van der Waals surface area contributed by atoms with Crippen molar-refractivity contribution in [3.05, 3.63) is 52.7 Å². The van der Waals surface area contributed by atoms with Gasteiger partial charge in [-0.3, -0.25) is 14.7 Å². The Morgan fingerprint density at radius 1 is 1.18 bits per heavy atom. The van der Waals surface area contributed by atoms with Gasteiger partial charge in [-0.1, -0.05) is 26.0 Å². The van der Waals surface area contributed by atoms with Crippen LogP contribution in [0.2, 0.25) is 0 Å². The molecular weight excluding hydrogens is 486 g/mol. The van der Waals surface area contributed by atoms with E-state index < -0.39 is 0 Å². The molecular formula is C32H45N5O2. The number of amides is 1. The highest BCUT2D eigenvalue weighted by Gasteiger charge is 2.28. The van der Waals surface area contributed by atoms with Crippen molar-refractivity contribution in [1.29, 1.82) is 0 Å². The fraction of sp³-hybridized carbons (Fsp3) is 0.531. The van der Waals surface area contributed by atoms with Crippen LogP contribution in [0.1, 0.15) is 82.5 Å². The Kier molecular flexibility index (Phi) is 9.57. The maximum absolute atomic E-state index is 12.6. The molecule has 2 fully saturated rings. The Hall–Kier alpha value is -3.03. The number of nitrogens with one attached hydrogen (secondary N) is 1. The molecule has 3 heterocycles. The predicted octanol–water partition coefficient (Wildman–Crippen LogP) is 5.53. The number of hydrogen-bond donors (Lipinski definition) is 2. The molecule has 7 heteroatoms. The number of carbonyl (C=O) groups excluding carboxylic acids is 1. The molecule has 2 N–H and O–H groups in total. The minimum atomic E-state index is -0.359. The average Bonchev–Trinajstić information content (AvgIpc) is 3.53. The molecule has 0 radical (unpaired) electrons. The van der Waals surface area contributed by atoms with Gasteiger partial charge in [0.1, 0.15) is 6.34 Å². The van der Waals surface area contributed by atoms with Gasteiger partial charge in [0.25, 0.3) is 0 Å². The molecule has 0 spiro atoms. The summed E-state index contributed by atoms with van der Waals surface area (Å²) in [7, 11) is 1.73. The summed E-state index contributed by atoms with van der Waals surface area (Å²) in [5.41, 5.74) is 8.32. The van der Waals surface area contributed by atoms with Crippen molar-refractivity contribution >= 4 is 34.4 Å². The van der Waals surface area contributed by atoms with Gasteiger partial charge in [0.15, 0.2) is 0 Å². The summed E-state index contributed by atoms with van der Waals surface area (Å²) < 4.78 is 0. The number of piperidine rings is 1. The first kappa shape index (κ1) is 29.0. The lowest BCUT2D eigenvalue weighted by Gasteiger charge is -2.32. The first-order valence-electron chi connectivity index (χ1n) is 14.4. The number of fused-ring (bicyclic) bond motifs is 1. The number of allylic oxidation sites excluding steroid dienone is 4. The van der Waals surface area contributed by atoms with E-state index in [4.69, 9.17) is 0 Å². The number of aromatic nitrogens is 1. The van der Waals surface area contributed by atoms with Gasteiger partial charge in [0, 0.05) is 42.4 Å². The molecule has 2 aliphatic heterocycles. The first-order chi connectivity index (χ1) is 18.7. The van der Waals surface area contributed by atoms with Crippen LogP contribution in [0.4, 0.5) is 0 Å². The lowest BCUT2D eigenvalue weighted by atomic mass is 9.87. The summed E-state index contributed by atoms with van der Waals surface area (Å²) in [5, 5.41) is 11.1. The topological polar surface area (TPSA) is 84.3 Å². The summed E-state index contributed by atoms with van der Waals surface area (Å²) in [4.78, 5) is 28.8. The predicted molar refractivity (Wildman–Crippen MR) is 163 cm³/mol. The van der Waals surface area contributed by atoms with Gasteiger partial charge >= 0.3 is 0 Å². The Morgan fingerprint density at radius 2 is 1.92 bits per heavy atom. The summed E-state index contributed by atoms with van der Waals surface area (Å²) in [6, 6.07) is 6.92. The maximum atomic E-state index is 12.6. The van der Waals surface area contributed by atoms with Crippen molar-refractivity contribution in [2.24, 2.45) is 9.98 Å². The highest BCUT2D eigenvalue weighted by atomic mass is 16.3. The molecule has 2 aromatic rings. The third-order valence-electron chi connectivity index (χ3n) is 8.28. The maximum Gasteiger partial charge on any atom is 0.236 e. The van der Waals surface area contributed by atoms with Crippen LogP contribution >= 0.6 is 0 Å². The zero-order chi connectivity index (χ0) is 28.1. The monoisotopic (exact) mass is 531 g/mol. The van der Waals surface area contributed by atoms with Gasteiger partial charge in [0.05, 0.1) is 12.6 Å². The molecule has 0 bridgehead atoms. The molecule has 1 aromatic heterocycles. The number of nitrogens with zero attached hydrogens (tertiary/aromatic N) is 4. The van der Waals surface area contributed by atoms with Gasteiger partial charge in [0.2, 0.25) is 5.91 Å². The minimum Gasteiger partial charge on any atom is -0.391 e. The molecule has 7 nitrogen and oxygen atoms in total. The Morgan fingerprint density at radius 3 is 2.54 bits per heavy atom. The number of carbonyl (C=O) groups is 1. The Labute approximate surface area is 233 Å². The van der Waals surface area contributed by atoms with E-state index in [1.165, 1.54) is 33.3 Å². The molecule has 2 saturated heterocycles. The minimum absolute atomic E-state index is 0.150. The number of aliphatic imine (C=N–C) groups is 2. The number of hydrogen-bond acceptors (Lipinski definition) is 4. The van der Waals surface area contributed by atoms with E-state index in [1.807, 2.05) is 11.8 Å². The van der Waals surface area contributed by atoms with Crippen LogP contribution in [0.25, 0.3) is 16.5 Å². The van der Waals surface area contributed by atoms with Crippen molar-refractivity contribution in [2.75, 3.05) is 39.8 Å². The van der Waals surface area contributed by atoms with Crippen LogP contribution in [0.3, 0.4) is 0 Å². The lowest BCUT2D eigenvalue weighted by molar-refractivity contribution is -0.132. The van der Waals surface area contributed by atoms with Crippen LogP contribution in [0.5, 0.6) is 0 Å². The van der Waals surface area contributed by atoms with E-state index in [1.54, 1.807) is 13.4 Å². The molecule has 1 atom stereocenters. The quantitative estimate of drug-likeness (QED) is 0.267. The first-order valence-corrected chi connectivity index (χ1v) is 14.4. The van der Waals surface area contributed by atoms with Gasteiger partial charge < -0.3 is 15.0 Å². The number of benzene rings is 1. The Balaban J connectivity index is 1.52. The molecule has 210 valence electrons. The van der Waals surface area contributed by atoms with Crippen molar-refractivity contribution in [3.8, 4) is 0 Å². The van der Waals surface area contributed by atoms with Crippen LogP contribution in [0.15, 0.2) is 45.9 Å². The highest BCUT2D eigenvalue weighted by Crippen LogP contribution is 2.37. The van der Waals surface area contributed by atoms with Gasteiger partial charge in [-0.25, -0.2) is 4.99 Å². The molecule has 1 amide bonds. The number of β-amino-alcohol motifs (C(OH)–C–C–N with tert-alkyl or cyclic N) is 1. The van der Waals surface area contributed by atoms with E-state index in [9.17, 15) is 9.90 Å². The van der Waals surface area contributed by atoms with Gasteiger partial charge in [-0.15, -0.1) is 0 Å². The number of aromatic amines is 1. The smallest absolute Gasteiger partial charge is 0.236 e. The summed E-state index contributed by atoms with van der Waals surface area (Å²) in [6.45, 7) is 14.2.